The molecule has 0 fully saturated rings. The molecular formula is C5H11Cl2NO3S. The molecule has 0 bridgehead atoms. The highest BCUT2D eigenvalue weighted by Crippen LogP contribution is 2.13. The van der Waals surface area contributed by atoms with Crippen molar-refractivity contribution in [3.05, 3.63) is 0 Å². The predicted octanol–water partition coefficient (Wildman–Crippen LogP) is 1.21. The smallest absolute Gasteiger partial charge is 0.273 e. The van der Waals surface area contributed by atoms with Gasteiger partial charge in [-0.25, -0.2) is 0 Å². The van der Waals surface area contributed by atoms with E-state index in [9.17, 15) is 8.42 Å². The van der Waals surface area contributed by atoms with Gasteiger partial charge in [-0.3, -0.25) is 4.55 Å². The molecule has 0 aliphatic heterocycles. The maximum Gasteiger partial charge on any atom is 0.333 e. The van der Waals surface area contributed by atoms with E-state index in [2.05, 4.69) is 0 Å². The third-order valence-electron chi connectivity index (χ3n) is 1.19. The Hall–Kier alpha value is 0.450. The molecule has 0 rings (SSSR count). The molecule has 0 saturated heterocycles. The minimum atomic E-state index is -4.09. The molecule has 0 aliphatic rings. The number of halogens is 2. The van der Waals surface area contributed by atoms with E-state index in [0.29, 0.717) is 6.42 Å². The second kappa shape index (κ2) is 5.24. The molecule has 0 heterocycles. The van der Waals surface area contributed by atoms with Crippen LogP contribution in [0.2, 0.25) is 0 Å². The van der Waals surface area contributed by atoms with Crippen molar-refractivity contribution in [3.8, 4) is 0 Å². The predicted molar refractivity (Wildman–Crippen MR) is 48.8 cm³/mol. The Morgan fingerprint density at radius 1 is 1.50 bits per heavy atom. The lowest BCUT2D eigenvalue weighted by atomic mass is 10.1. The van der Waals surface area contributed by atoms with Gasteiger partial charge in [-0.15, -0.1) is 23.2 Å². The summed E-state index contributed by atoms with van der Waals surface area (Å²) in [5.74, 6) is -0.00748. The van der Waals surface area contributed by atoms with E-state index in [-0.39, 0.29) is 12.5 Å². The van der Waals surface area contributed by atoms with Crippen molar-refractivity contribution in [2.24, 2.45) is 5.92 Å². The lowest BCUT2D eigenvalue weighted by molar-refractivity contribution is 0.451. The van der Waals surface area contributed by atoms with Crippen LogP contribution in [0.3, 0.4) is 0 Å². The Kier molecular flexibility index (Phi) is 5.43. The number of rotatable bonds is 5. The Labute approximate surface area is 82.1 Å². The fourth-order valence-corrected chi connectivity index (χ4v) is 1.74. The molecule has 1 unspecified atom stereocenters. The molecule has 7 heteroatoms. The second-order valence-corrected chi connectivity index (χ2v) is 5.07. The van der Waals surface area contributed by atoms with Crippen molar-refractivity contribution >= 4 is 33.5 Å². The molecule has 4 nitrogen and oxygen atoms in total. The first-order chi connectivity index (χ1) is 5.31. The molecular weight excluding hydrogens is 225 g/mol. The Morgan fingerprint density at radius 2 is 2.00 bits per heavy atom. The first-order valence-corrected chi connectivity index (χ1v) is 5.63. The summed E-state index contributed by atoms with van der Waals surface area (Å²) in [6.07, 6.45) is 0.478. The van der Waals surface area contributed by atoms with Crippen molar-refractivity contribution in [3.63, 3.8) is 0 Å². The van der Waals surface area contributed by atoms with Gasteiger partial charge in [0.05, 0.1) is 0 Å². The SMILES string of the molecule is CC(CNS(=O)(=O)O)CC(Cl)Cl. The first kappa shape index (κ1) is 12.4. The summed E-state index contributed by atoms with van der Waals surface area (Å²) in [5.41, 5.74) is 0. The average Bonchev–Trinajstić information content (AvgIpc) is 1.80. The van der Waals surface area contributed by atoms with Crippen LogP contribution in [-0.4, -0.2) is 24.4 Å². The summed E-state index contributed by atoms with van der Waals surface area (Å²) < 4.78 is 30.6. The standard InChI is InChI=1S/C5H11Cl2NO3S/c1-4(2-5(6)7)3-8-12(9,10)11/h4-5,8H,2-3H2,1H3,(H,9,10,11). The van der Waals surface area contributed by atoms with Crippen LogP contribution in [0.5, 0.6) is 0 Å². The van der Waals surface area contributed by atoms with Crippen LogP contribution in [0, 0.1) is 5.92 Å². The summed E-state index contributed by atoms with van der Waals surface area (Å²) >= 11 is 10.9. The Balaban J connectivity index is 3.65. The molecule has 74 valence electrons. The topological polar surface area (TPSA) is 66.4 Å². The quantitative estimate of drug-likeness (QED) is 0.557. The zero-order valence-electron chi connectivity index (χ0n) is 6.50. The van der Waals surface area contributed by atoms with E-state index in [4.69, 9.17) is 27.8 Å². The van der Waals surface area contributed by atoms with E-state index in [1.165, 1.54) is 0 Å². The molecule has 1 atom stereocenters. The molecule has 0 aromatic rings. The van der Waals surface area contributed by atoms with Crippen LogP contribution in [0.4, 0.5) is 0 Å². The van der Waals surface area contributed by atoms with Gasteiger partial charge in [0.2, 0.25) is 0 Å². The molecule has 0 aromatic carbocycles. The summed E-state index contributed by atoms with van der Waals surface area (Å²) in [7, 11) is -4.09. The van der Waals surface area contributed by atoms with E-state index in [1.807, 2.05) is 4.72 Å². The van der Waals surface area contributed by atoms with Crippen LogP contribution < -0.4 is 4.72 Å². The molecule has 0 radical (unpaired) electrons. The third-order valence-corrected chi connectivity index (χ3v) is 2.08. The van der Waals surface area contributed by atoms with Crippen molar-refractivity contribution in [1.82, 2.24) is 4.72 Å². The van der Waals surface area contributed by atoms with Crippen LogP contribution >= 0.6 is 23.2 Å². The molecule has 0 spiro atoms. The lowest BCUT2D eigenvalue weighted by Gasteiger charge is -2.10. The van der Waals surface area contributed by atoms with Gasteiger partial charge in [-0.1, -0.05) is 6.92 Å². The van der Waals surface area contributed by atoms with Gasteiger partial charge in [0, 0.05) is 6.54 Å². The minimum absolute atomic E-state index is 0.00748. The minimum Gasteiger partial charge on any atom is -0.273 e. The maximum absolute atomic E-state index is 10.2. The van der Waals surface area contributed by atoms with Crippen LogP contribution in [-0.2, 0) is 10.3 Å². The average molecular weight is 236 g/mol. The fraction of sp³-hybridized carbons (Fsp3) is 1.00. The summed E-state index contributed by atoms with van der Waals surface area (Å²) in [4.78, 5) is -0.511. The second-order valence-electron chi connectivity index (χ2n) is 2.56. The summed E-state index contributed by atoms with van der Waals surface area (Å²) in [6.45, 7) is 1.91. The molecule has 12 heavy (non-hydrogen) atoms. The maximum atomic E-state index is 10.2. The zero-order chi connectivity index (χ0) is 9.78. The van der Waals surface area contributed by atoms with Gasteiger partial charge in [-0.2, -0.15) is 13.1 Å². The number of alkyl halides is 2. The fourth-order valence-electron chi connectivity index (χ4n) is 0.635. The normalized spacial score (nSPS) is 15.1. The molecule has 2 N–H and O–H groups in total. The number of hydrogen-bond acceptors (Lipinski definition) is 2. The third kappa shape index (κ3) is 8.55. The van der Waals surface area contributed by atoms with Crippen LogP contribution in [0.1, 0.15) is 13.3 Å². The highest BCUT2D eigenvalue weighted by molar-refractivity contribution is 7.83. The van der Waals surface area contributed by atoms with Crippen LogP contribution in [0.15, 0.2) is 0 Å². The molecule has 0 amide bonds. The van der Waals surface area contributed by atoms with Crippen molar-refractivity contribution in [2.75, 3.05) is 6.54 Å². The van der Waals surface area contributed by atoms with E-state index in [1.54, 1.807) is 6.92 Å². The van der Waals surface area contributed by atoms with Gasteiger partial charge in [0.1, 0.15) is 4.84 Å². The van der Waals surface area contributed by atoms with Gasteiger partial charge in [0.25, 0.3) is 0 Å². The van der Waals surface area contributed by atoms with Gasteiger partial charge >= 0.3 is 10.3 Å². The van der Waals surface area contributed by atoms with Gasteiger partial charge in [-0.05, 0) is 12.3 Å². The zero-order valence-corrected chi connectivity index (χ0v) is 8.83. The highest BCUT2D eigenvalue weighted by Gasteiger charge is 2.10. The number of nitrogens with one attached hydrogen (secondary N) is 1. The molecule has 0 aromatic heterocycles. The molecule has 0 aliphatic carbocycles. The van der Waals surface area contributed by atoms with E-state index < -0.39 is 15.1 Å². The summed E-state index contributed by atoms with van der Waals surface area (Å²) in [5, 5.41) is 0. The Morgan fingerprint density at radius 3 is 2.33 bits per heavy atom. The largest absolute Gasteiger partial charge is 0.333 e. The van der Waals surface area contributed by atoms with Gasteiger partial charge in [0.15, 0.2) is 0 Å². The number of hydrogen-bond donors (Lipinski definition) is 2. The van der Waals surface area contributed by atoms with Crippen molar-refractivity contribution in [1.29, 1.82) is 0 Å². The summed E-state index contributed by atoms with van der Waals surface area (Å²) in [6, 6.07) is 0. The van der Waals surface area contributed by atoms with E-state index >= 15 is 0 Å². The van der Waals surface area contributed by atoms with Gasteiger partial charge < -0.3 is 0 Å². The monoisotopic (exact) mass is 235 g/mol. The Bertz CT molecular complexity index is 217. The highest BCUT2D eigenvalue weighted by atomic mass is 35.5. The molecule has 0 saturated carbocycles. The van der Waals surface area contributed by atoms with Crippen LogP contribution in [0.25, 0.3) is 0 Å². The first-order valence-electron chi connectivity index (χ1n) is 3.31. The van der Waals surface area contributed by atoms with Crippen molar-refractivity contribution < 1.29 is 13.0 Å². The van der Waals surface area contributed by atoms with Crippen molar-refractivity contribution in [2.45, 2.75) is 18.2 Å². The van der Waals surface area contributed by atoms with E-state index in [0.717, 1.165) is 0 Å². The lowest BCUT2D eigenvalue weighted by Crippen LogP contribution is -2.28.